The van der Waals surface area contributed by atoms with E-state index in [1.807, 2.05) is 12.1 Å². The van der Waals surface area contributed by atoms with E-state index in [0.717, 1.165) is 5.58 Å². The lowest BCUT2D eigenvalue weighted by Gasteiger charge is -1.85. The van der Waals surface area contributed by atoms with E-state index in [9.17, 15) is 0 Å². The van der Waals surface area contributed by atoms with Gasteiger partial charge in [-0.2, -0.15) is 4.98 Å². The molecule has 2 N–H and O–H groups in total. The first kappa shape index (κ1) is 7.24. The molecule has 0 spiro atoms. The van der Waals surface area contributed by atoms with Crippen molar-refractivity contribution in [3.05, 3.63) is 24.2 Å². The van der Waals surface area contributed by atoms with Crippen LogP contribution in [0.25, 0.3) is 11.2 Å². The van der Waals surface area contributed by atoms with Gasteiger partial charge in [0.25, 0.3) is 0 Å². The number of aromatic nitrogens is 2. The summed E-state index contributed by atoms with van der Waals surface area (Å²) in [5.74, 6) is 0.659. The second-order valence-electron chi connectivity index (χ2n) is 2.47. The Bertz CT molecular complexity index is 349. The van der Waals surface area contributed by atoms with Crippen molar-refractivity contribution in [1.82, 2.24) is 9.97 Å². The lowest BCUT2D eigenvalue weighted by molar-refractivity contribution is 0.531. The molecule has 0 bridgehead atoms. The molecule has 2 rings (SSSR count). The first-order chi connectivity index (χ1) is 5.90. The molecule has 0 aliphatic heterocycles. The van der Waals surface area contributed by atoms with E-state index in [4.69, 9.17) is 10.2 Å². The van der Waals surface area contributed by atoms with Gasteiger partial charge in [-0.3, -0.25) is 0 Å². The van der Waals surface area contributed by atoms with Gasteiger partial charge in [-0.15, -0.1) is 0 Å². The van der Waals surface area contributed by atoms with Crippen LogP contribution in [0.3, 0.4) is 0 Å². The van der Waals surface area contributed by atoms with Gasteiger partial charge in [0.05, 0.1) is 0 Å². The van der Waals surface area contributed by atoms with Gasteiger partial charge < -0.3 is 10.2 Å². The topological polar surface area (TPSA) is 64.9 Å². The van der Waals surface area contributed by atoms with Gasteiger partial charge in [0.1, 0.15) is 0 Å². The molecule has 4 nitrogen and oxygen atoms in total. The third kappa shape index (κ3) is 1.16. The second kappa shape index (κ2) is 2.91. The number of oxazole rings is 1. The van der Waals surface area contributed by atoms with Crippen molar-refractivity contribution in [2.24, 2.45) is 5.73 Å². The van der Waals surface area contributed by atoms with Crippen LogP contribution in [0.2, 0.25) is 0 Å². The van der Waals surface area contributed by atoms with E-state index in [-0.39, 0.29) is 0 Å². The summed E-state index contributed by atoms with van der Waals surface area (Å²) in [7, 11) is 0. The molecule has 2 heterocycles. The van der Waals surface area contributed by atoms with Crippen LogP contribution in [0.5, 0.6) is 0 Å². The lowest BCUT2D eigenvalue weighted by Crippen LogP contribution is -2.02. The Kier molecular flexibility index (Phi) is 1.75. The van der Waals surface area contributed by atoms with Crippen LogP contribution in [-0.2, 0) is 6.42 Å². The molecular weight excluding hydrogens is 154 g/mol. The van der Waals surface area contributed by atoms with Crippen molar-refractivity contribution in [2.45, 2.75) is 6.42 Å². The number of pyridine rings is 1. The molecule has 0 saturated carbocycles. The van der Waals surface area contributed by atoms with Crippen molar-refractivity contribution in [1.29, 1.82) is 0 Å². The maximum atomic E-state index is 5.36. The SMILES string of the molecule is NCCc1nc2ncccc2o1. The zero-order valence-corrected chi connectivity index (χ0v) is 6.53. The molecule has 0 aromatic carbocycles. The minimum atomic E-state index is 0.548. The highest BCUT2D eigenvalue weighted by Crippen LogP contribution is 2.11. The number of nitrogens with two attached hydrogens (primary N) is 1. The average Bonchev–Trinajstić information content (AvgIpc) is 2.47. The maximum absolute atomic E-state index is 5.36. The molecule has 2 aromatic heterocycles. The number of rotatable bonds is 2. The zero-order chi connectivity index (χ0) is 8.39. The fourth-order valence-electron chi connectivity index (χ4n) is 1.04. The molecule has 62 valence electrons. The minimum absolute atomic E-state index is 0.548. The first-order valence-electron chi connectivity index (χ1n) is 3.80. The molecule has 0 aliphatic rings. The smallest absolute Gasteiger partial charge is 0.198 e. The lowest BCUT2D eigenvalue weighted by atomic mass is 10.4. The summed E-state index contributed by atoms with van der Waals surface area (Å²) in [5, 5.41) is 0. The van der Waals surface area contributed by atoms with Crippen molar-refractivity contribution in [3.8, 4) is 0 Å². The highest BCUT2D eigenvalue weighted by Gasteiger charge is 2.03. The average molecular weight is 163 g/mol. The summed E-state index contributed by atoms with van der Waals surface area (Å²) in [6, 6.07) is 3.66. The first-order valence-corrected chi connectivity index (χ1v) is 3.80. The predicted molar refractivity (Wildman–Crippen MR) is 44.6 cm³/mol. The fourth-order valence-corrected chi connectivity index (χ4v) is 1.04. The minimum Gasteiger partial charge on any atom is -0.439 e. The van der Waals surface area contributed by atoms with Crippen molar-refractivity contribution in [3.63, 3.8) is 0 Å². The van der Waals surface area contributed by atoms with Gasteiger partial charge in [-0.25, -0.2) is 4.98 Å². The van der Waals surface area contributed by atoms with Crippen LogP contribution in [-0.4, -0.2) is 16.5 Å². The molecule has 0 unspecified atom stereocenters. The normalized spacial score (nSPS) is 10.8. The molecule has 0 amide bonds. The molecule has 4 heteroatoms. The van der Waals surface area contributed by atoms with Gasteiger partial charge in [0, 0.05) is 19.2 Å². The van der Waals surface area contributed by atoms with Crippen LogP contribution < -0.4 is 5.73 Å². The monoisotopic (exact) mass is 163 g/mol. The largest absolute Gasteiger partial charge is 0.439 e. The Morgan fingerprint density at radius 2 is 2.42 bits per heavy atom. The van der Waals surface area contributed by atoms with Crippen molar-refractivity contribution >= 4 is 11.2 Å². The van der Waals surface area contributed by atoms with Gasteiger partial charge in [-0.05, 0) is 12.1 Å². The summed E-state index contributed by atoms with van der Waals surface area (Å²) in [6.45, 7) is 0.548. The van der Waals surface area contributed by atoms with Crippen molar-refractivity contribution < 1.29 is 4.42 Å². The van der Waals surface area contributed by atoms with Gasteiger partial charge in [-0.1, -0.05) is 0 Å². The van der Waals surface area contributed by atoms with Crippen LogP contribution in [0, 0.1) is 0 Å². The number of hydrogen-bond acceptors (Lipinski definition) is 4. The van der Waals surface area contributed by atoms with Crippen LogP contribution in [0.1, 0.15) is 5.89 Å². The third-order valence-corrected chi connectivity index (χ3v) is 1.57. The Hall–Kier alpha value is -1.42. The molecular formula is C8H9N3O. The predicted octanol–water partition coefficient (Wildman–Crippen LogP) is 0.724. The van der Waals surface area contributed by atoms with Gasteiger partial charge in [0.15, 0.2) is 17.1 Å². The molecule has 0 aliphatic carbocycles. The summed E-state index contributed by atoms with van der Waals surface area (Å²) < 4.78 is 5.35. The molecule has 0 atom stereocenters. The van der Waals surface area contributed by atoms with Gasteiger partial charge in [0.2, 0.25) is 0 Å². The van der Waals surface area contributed by atoms with E-state index < -0.39 is 0 Å². The number of fused-ring (bicyclic) bond motifs is 1. The number of hydrogen-bond donors (Lipinski definition) is 1. The maximum Gasteiger partial charge on any atom is 0.198 e. The molecule has 0 radical (unpaired) electrons. The van der Waals surface area contributed by atoms with Gasteiger partial charge >= 0.3 is 0 Å². The highest BCUT2D eigenvalue weighted by molar-refractivity contribution is 5.66. The molecule has 0 fully saturated rings. The van der Waals surface area contributed by atoms with Crippen molar-refractivity contribution in [2.75, 3.05) is 6.54 Å². The molecule has 2 aromatic rings. The Balaban J connectivity index is 2.47. The van der Waals surface area contributed by atoms with Crippen LogP contribution >= 0.6 is 0 Å². The van der Waals surface area contributed by atoms with E-state index in [1.165, 1.54) is 0 Å². The zero-order valence-electron chi connectivity index (χ0n) is 6.53. The quantitative estimate of drug-likeness (QED) is 0.708. The summed E-state index contributed by atoms with van der Waals surface area (Å²) in [6.07, 6.45) is 2.35. The van der Waals surface area contributed by atoms with E-state index in [1.54, 1.807) is 6.20 Å². The standard InChI is InChI=1S/C8H9N3O/c9-4-3-7-11-8-6(12-7)2-1-5-10-8/h1-2,5H,3-4,9H2. The van der Waals surface area contributed by atoms with E-state index in [0.29, 0.717) is 24.5 Å². The Morgan fingerprint density at radius 1 is 1.50 bits per heavy atom. The van der Waals surface area contributed by atoms with E-state index >= 15 is 0 Å². The second-order valence-corrected chi connectivity index (χ2v) is 2.47. The van der Waals surface area contributed by atoms with Crippen LogP contribution in [0.4, 0.5) is 0 Å². The third-order valence-electron chi connectivity index (χ3n) is 1.57. The molecule has 0 saturated heterocycles. The number of nitrogens with zero attached hydrogens (tertiary/aromatic N) is 2. The summed E-state index contributed by atoms with van der Waals surface area (Å²) in [4.78, 5) is 8.18. The fraction of sp³-hybridized carbons (Fsp3) is 0.250. The summed E-state index contributed by atoms with van der Waals surface area (Å²) >= 11 is 0. The Morgan fingerprint density at radius 3 is 3.17 bits per heavy atom. The molecule has 12 heavy (non-hydrogen) atoms. The highest BCUT2D eigenvalue weighted by atomic mass is 16.3. The van der Waals surface area contributed by atoms with E-state index in [2.05, 4.69) is 9.97 Å². The van der Waals surface area contributed by atoms with Crippen LogP contribution in [0.15, 0.2) is 22.7 Å². The Labute approximate surface area is 69.4 Å². The summed E-state index contributed by atoms with van der Waals surface area (Å²) in [5.41, 5.74) is 6.74.